The van der Waals surface area contributed by atoms with E-state index in [1.807, 2.05) is 49.3 Å². The molecule has 0 fully saturated rings. The zero-order valence-electron chi connectivity index (χ0n) is 10.9. The Morgan fingerprint density at radius 1 is 1.39 bits per heavy atom. The molecule has 0 radical (unpaired) electrons. The minimum atomic E-state index is 0.221. The van der Waals surface area contributed by atoms with Crippen LogP contribution in [0, 0.1) is 6.92 Å². The third-order valence-corrected chi connectivity index (χ3v) is 2.85. The van der Waals surface area contributed by atoms with Gasteiger partial charge in [0.25, 0.3) is 0 Å². The lowest BCUT2D eigenvalue weighted by atomic mass is 10.1. The van der Waals surface area contributed by atoms with Crippen LogP contribution in [0.15, 0.2) is 36.9 Å². The second-order valence-corrected chi connectivity index (χ2v) is 4.62. The lowest BCUT2D eigenvalue weighted by molar-refractivity contribution is 0.0981. The van der Waals surface area contributed by atoms with Crippen molar-refractivity contribution in [1.29, 1.82) is 0 Å². The first-order chi connectivity index (χ1) is 8.69. The van der Waals surface area contributed by atoms with E-state index in [2.05, 4.69) is 11.1 Å². The molecule has 0 saturated carbocycles. The molecule has 94 valence electrons. The fraction of sp³-hybridized carbons (Fsp3) is 0.333. The summed E-state index contributed by atoms with van der Waals surface area (Å²) >= 11 is 0. The van der Waals surface area contributed by atoms with Crippen LogP contribution >= 0.6 is 0 Å². The van der Waals surface area contributed by atoms with Gasteiger partial charge in [0.05, 0.1) is 0 Å². The molecule has 3 nitrogen and oxygen atoms in total. The second-order valence-electron chi connectivity index (χ2n) is 4.62. The van der Waals surface area contributed by atoms with Gasteiger partial charge in [-0.1, -0.05) is 13.0 Å². The molecule has 3 heteroatoms. The van der Waals surface area contributed by atoms with Gasteiger partial charge in [-0.25, -0.2) is 0 Å². The lowest BCUT2D eigenvalue weighted by Gasteiger charge is -2.03. The predicted molar refractivity (Wildman–Crippen MR) is 71.7 cm³/mol. The number of ketones is 1. The van der Waals surface area contributed by atoms with E-state index in [1.54, 1.807) is 0 Å². The molecule has 0 amide bonds. The van der Waals surface area contributed by atoms with E-state index in [9.17, 15) is 4.79 Å². The maximum Gasteiger partial charge on any atom is 0.164 e. The number of rotatable bonds is 5. The Labute approximate surface area is 107 Å². The molecule has 2 heterocycles. The van der Waals surface area contributed by atoms with Crippen LogP contribution < -0.4 is 0 Å². The molecule has 0 aliphatic heterocycles. The van der Waals surface area contributed by atoms with Crippen molar-refractivity contribution in [1.82, 2.24) is 9.55 Å². The molecule has 18 heavy (non-hydrogen) atoms. The summed E-state index contributed by atoms with van der Waals surface area (Å²) in [7, 11) is 0. The third kappa shape index (κ3) is 3.06. The Balaban J connectivity index is 2.09. The van der Waals surface area contributed by atoms with Crippen molar-refractivity contribution < 1.29 is 4.79 Å². The summed E-state index contributed by atoms with van der Waals surface area (Å²) in [5.74, 6) is 0.221. The quantitative estimate of drug-likeness (QED) is 0.754. The highest BCUT2D eigenvalue weighted by molar-refractivity contribution is 5.95. The summed E-state index contributed by atoms with van der Waals surface area (Å²) in [6.45, 7) is 4.81. The van der Waals surface area contributed by atoms with Crippen LogP contribution in [0.4, 0.5) is 0 Å². The molecule has 0 unspecified atom stereocenters. The summed E-state index contributed by atoms with van der Waals surface area (Å²) in [4.78, 5) is 15.9. The van der Waals surface area contributed by atoms with Gasteiger partial charge in [0, 0.05) is 43.3 Å². The predicted octanol–water partition coefficient (Wildman–Crippen LogP) is 3.22. The highest BCUT2D eigenvalue weighted by atomic mass is 16.1. The summed E-state index contributed by atoms with van der Waals surface area (Å²) in [6.07, 6.45) is 9.09. The van der Waals surface area contributed by atoms with Gasteiger partial charge in [-0.3, -0.25) is 9.78 Å². The summed E-state index contributed by atoms with van der Waals surface area (Å²) < 4.78 is 2.03. The Morgan fingerprint density at radius 3 is 2.94 bits per heavy atom. The fourth-order valence-electron chi connectivity index (χ4n) is 1.99. The molecular formula is C15H18N2O. The molecule has 0 saturated heterocycles. The Bertz CT molecular complexity index is 543. The monoisotopic (exact) mass is 242 g/mol. The largest absolute Gasteiger partial charge is 0.349 e. The third-order valence-electron chi connectivity index (χ3n) is 2.85. The number of hydrogen-bond acceptors (Lipinski definition) is 2. The van der Waals surface area contributed by atoms with Crippen LogP contribution in [0.25, 0.3) is 0 Å². The van der Waals surface area contributed by atoms with Crippen molar-refractivity contribution in [3.63, 3.8) is 0 Å². The van der Waals surface area contributed by atoms with E-state index in [-0.39, 0.29) is 5.78 Å². The first kappa shape index (κ1) is 12.6. The highest BCUT2D eigenvalue weighted by Crippen LogP contribution is 2.09. The van der Waals surface area contributed by atoms with Gasteiger partial charge >= 0.3 is 0 Å². The van der Waals surface area contributed by atoms with E-state index < -0.39 is 0 Å². The maximum atomic E-state index is 11.7. The number of carbonyl (C=O) groups excluding carboxylic acids is 1. The average molecular weight is 242 g/mol. The number of carbonyl (C=O) groups is 1. The summed E-state index contributed by atoms with van der Waals surface area (Å²) in [6, 6.07) is 4.00. The molecule has 0 spiro atoms. The molecule has 0 bridgehead atoms. The zero-order chi connectivity index (χ0) is 13.0. The SMILES string of the molecule is CCCC(=O)c1ccn(Cc2cncc(C)c2)c1. The van der Waals surface area contributed by atoms with Gasteiger partial charge < -0.3 is 4.57 Å². The molecule has 0 aromatic carbocycles. The smallest absolute Gasteiger partial charge is 0.164 e. The van der Waals surface area contributed by atoms with Gasteiger partial charge in [-0.15, -0.1) is 0 Å². The number of hydrogen-bond donors (Lipinski definition) is 0. The molecule has 0 N–H and O–H groups in total. The van der Waals surface area contributed by atoms with Crippen molar-refractivity contribution >= 4 is 5.78 Å². The van der Waals surface area contributed by atoms with E-state index in [0.29, 0.717) is 6.42 Å². The van der Waals surface area contributed by atoms with E-state index in [0.717, 1.165) is 29.7 Å². The molecule has 0 atom stereocenters. The van der Waals surface area contributed by atoms with Crippen molar-refractivity contribution in [2.24, 2.45) is 0 Å². The number of aromatic nitrogens is 2. The van der Waals surface area contributed by atoms with E-state index in [4.69, 9.17) is 0 Å². The van der Waals surface area contributed by atoms with Crippen molar-refractivity contribution in [2.45, 2.75) is 33.2 Å². The van der Waals surface area contributed by atoms with E-state index >= 15 is 0 Å². The Morgan fingerprint density at radius 2 is 2.22 bits per heavy atom. The van der Waals surface area contributed by atoms with Gasteiger partial charge in [-0.05, 0) is 30.5 Å². The highest BCUT2D eigenvalue weighted by Gasteiger charge is 2.06. The van der Waals surface area contributed by atoms with Gasteiger partial charge in [-0.2, -0.15) is 0 Å². The zero-order valence-corrected chi connectivity index (χ0v) is 10.9. The minimum absolute atomic E-state index is 0.221. The lowest BCUT2D eigenvalue weighted by Crippen LogP contribution is -1.99. The Kier molecular flexibility index (Phi) is 3.92. The molecule has 2 aromatic heterocycles. The minimum Gasteiger partial charge on any atom is -0.349 e. The Hall–Kier alpha value is -1.90. The number of pyridine rings is 1. The number of Topliss-reactive ketones (excluding diaryl/α,β-unsaturated/α-hetero) is 1. The number of aryl methyl sites for hydroxylation is 1. The van der Waals surface area contributed by atoms with Gasteiger partial charge in [0.2, 0.25) is 0 Å². The number of nitrogens with zero attached hydrogens (tertiary/aromatic N) is 2. The fourth-order valence-corrected chi connectivity index (χ4v) is 1.99. The van der Waals surface area contributed by atoms with Crippen LogP contribution in [0.2, 0.25) is 0 Å². The van der Waals surface area contributed by atoms with Crippen LogP contribution in [-0.4, -0.2) is 15.3 Å². The van der Waals surface area contributed by atoms with Crippen LogP contribution in [0.5, 0.6) is 0 Å². The molecule has 0 aliphatic rings. The first-order valence-electron chi connectivity index (χ1n) is 6.28. The van der Waals surface area contributed by atoms with Crippen molar-refractivity contribution in [2.75, 3.05) is 0 Å². The average Bonchev–Trinajstić information content (AvgIpc) is 2.78. The van der Waals surface area contributed by atoms with Gasteiger partial charge in [0.1, 0.15) is 0 Å². The van der Waals surface area contributed by atoms with Crippen LogP contribution in [-0.2, 0) is 6.54 Å². The molecule has 2 rings (SSSR count). The maximum absolute atomic E-state index is 11.7. The van der Waals surface area contributed by atoms with E-state index in [1.165, 1.54) is 0 Å². The normalized spacial score (nSPS) is 10.6. The molecular weight excluding hydrogens is 224 g/mol. The van der Waals surface area contributed by atoms with Crippen molar-refractivity contribution in [3.05, 3.63) is 53.6 Å². The topological polar surface area (TPSA) is 34.9 Å². The van der Waals surface area contributed by atoms with Crippen molar-refractivity contribution in [3.8, 4) is 0 Å². The van der Waals surface area contributed by atoms with Gasteiger partial charge in [0.15, 0.2) is 5.78 Å². The molecule has 0 aliphatic carbocycles. The standard InChI is InChI=1S/C15H18N2O/c1-3-4-15(18)14-5-6-17(11-14)10-13-7-12(2)8-16-9-13/h5-9,11H,3-4,10H2,1-2H3. The van der Waals surface area contributed by atoms with Crippen LogP contribution in [0.1, 0.15) is 41.3 Å². The molecule has 2 aromatic rings. The summed E-state index contributed by atoms with van der Waals surface area (Å²) in [5, 5.41) is 0. The first-order valence-corrected chi connectivity index (χ1v) is 6.28. The second kappa shape index (κ2) is 5.63. The summed E-state index contributed by atoms with van der Waals surface area (Å²) in [5.41, 5.74) is 3.11. The van der Waals surface area contributed by atoms with Crippen LogP contribution in [0.3, 0.4) is 0 Å².